The van der Waals surface area contributed by atoms with E-state index in [4.69, 9.17) is 5.73 Å². The zero-order valence-corrected chi connectivity index (χ0v) is 10.4. The molecule has 1 aromatic heterocycles. The molecule has 0 amide bonds. The van der Waals surface area contributed by atoms with E-state index in [-0.39, 0.29) is 6.17 Å². The van der Waals surface area contributed by atoms with E-state index < -0.39 is 0 Å². The smallest absolute Gasteiger partial charge is 0.0548 e. The molecule has 0 spiro atoms. The molecule has 0 aromatic carbocycles. The van der Waals surface area contributed by atoms with Gasteiger partial charge in [0.15, 0.2) is 0 Å². The summed E-state index contributed by atoms with van der Waals surface area (Å²) in [5, 5.41) is 5.60. The highest BCUT2D eigenvalue weighted by molar-refractivity contribution is 7.10. The molecule has 1 saturated heterocycles. The van der Waals surface area contributed by atoms with Crippen LogP contribution in [0.25, 0.3) is 6.08 Å². The van der Waals surface area contributed by atoms with Crippen LogP contribution in [-0.4, -0.2) is 12.2 Å². The standard InChI is InChI=1S/C13H20N2S/c14-13-9-2-1-5-11(15-13)6-3-7-12-8-4-10-16-12/h3-4,7-8,10-11,13,15H,1-2,5-6,9,14H2. The van der Waals surface area contributed by atoms with E-state index in [1.807, 2.05) is 0 Å². The van der Waals surface area contributed by atoms with Crippen LogP contribution in [0.4, 0.5) is 0 Å². The maximum absolute atomic E-state index is 5.96. The average Bonchev–Trinajstić information content (AvgIpc) is 2.69. The van der Waals surface area contributed by atoms with Crippen LogP contribution in [0, 0.1) is 0 Å². The van der Waals surface area contributed by atoms with Gasteiger partial charge in [-0.3, -0.25) is 5.32 Å². The quantitative estimate of drug-likeness (QED) is 0.846. The van der Waals surface area contributed by atoms with Crippen LogP contribution in [0.5, 0.6) is 0 Å². The molecule has 1 aromatic rings. The summed E-state index contributed by atoms with van der Waals surface area (Å²) >= 11 is 1.78. The second-order valence-corrected chi connectivity index (χ2v) is 5.39. The lowest BCUT2D eigenvalue weighted by Gasteiger charge is -2.17. The summed E-state index contributed by atoms with van der Waals surface area (Å²) in [5.74, 6) is 0. The second kappa shape index (κ2) is 6.18. The van der Waals surface area contributed by atoms with E-state index in [1.54, 1.807) is 11.3 Å². The van der Waals surface area contributed by atoms with Crippen LogP contribution in [0.2, 0.25) is 0 Å². The largest absolute Gasteiger partial charge is 0.316 e. The average molecular weight is 236 g/mol. The van der Waals surface area contributed by atoms with Crippen molar-refractivity contribution in [1.29, 1.82) is 0 Å². The van der Waals surface area contributed by atoms with Crippen molar-refractivity contribution in [3.8, 4) is 0 Å². The Morgan fingerprint density at radius 3 is 3.12 bits per heavy atom. The fourth-order valence-corrected chi connectivity index (χ4v) is 2.79. The first-order valence-corrected chi connectivity index (χ1v) is 6.94. The van der Waals surface area contributed by atoms with Gasteiger partial charge in [0, 0.05) is 10.9 Å². The zero-order valence-electron chi connectivity index (χ0n) is 9.56. The van der Waals surface area contributed by atoms with E-state index in [1.165, 1.54) is 24.1 Å². The molecule has 2 rings (SSSR count). The summed E-state index contributed by atoms with van der Waals surface area (Å²) in [4.78, 5) is 1.33. The summed E-state index contributed by atoms with van der Waals surface area (Å²) in [6.07, 6.45) is 10.7. The molecular weight excluding hydrogens is 216 g/mol. The van der Waals surface area contributed by atoms with Crippen LogP contribution >= 0.6 is 11.3 Å². The van der Waals surface area contributed by atoms with Crippen LogP contribution in [-0.2, 0) is 0 Å². The molecule has 0 saturated carbocycles. The number of hydrogen-bond acceptors (Lipinski definition) is 3. The number of hydrogen-bond donors (Lipinski definition) is 2. The molecule has 0 radical (unpaired) electrons. The van der Waals surface area contributed by atoms with E-state index >= 15 is 0 Å². The van der Waals surface area contributed by atoms with Crippen molar-refractivity contribution in [2.75, 3.05) is 0 Å². The van der Waals surface area contributed by atoms with E-state index in [0.717, 1.165) is 12.8 Å². The van der Waals surface area contributed by atoms with Gasteiger partial charge >= 0.3 is 0 Å². The molecule has 16 heavy (non-hydrogen) atoms. The predicted octanol–water partition coefficient (Wildman–Crippen LogP) is 2.97. The van der Waals surface area contributed by atoms with Crippen LogP contribution in [0.15, 0.2) is 23.6 Å². The van der Waals surface area contributed by atoms with Crippen molar-refractivity contribution in [3.63, 3.8) is 0 Å². The Morgan fingerprint density at radius 1 is 1.44 bits per heavy atom. The van der Waals surface area contributed by atoms with Gasteiger partial charge in [0.05, 0.1) is 6.17 Å². The normalized spacial score (nSPS) is 27.1. The molecule has 3 heteroatoms. The highest BCUT2D eigenvalue weighted by atomic mass is 32.1. The molecule has 0 bridgehead atoms. The van der Waals surface area contributed by atoms with Crippen LogP contribution < -0.4 is 11.1 Å². The molecule has 1 aliphatic rings. The van der Waals surface area contributed by atoms with Crippen molar-refractivity contribution >= 4 is 17.4 Å². The molecular formula is C13H20N2S. The second-order valence-electron chi connectivity index (χ2n) is 4.41. The Kier molecular flexibility index (Phi) is 4.57. The fraction of sp³-hybridized carbons (Fsp3) is 0.538. The van der Waals surface area contributed by atoms with E-state index in [0.29, 0.717) is 6.04 Å². The van der Waals surface area contributed by atoms with Gasteiger partial charge in [-0.1, -0.05) is 25.0 Å². The topological polar surface area (TPSA) is 38.0 Å². The number of nitrogens with two attached hydrogens (primary N) is 1. The van der Waals surface area contributed by atoms with Crippen molar-refractivity contribution in [1.82, 2.24) is 5.32 Å². The third-order valence-corrected chi connectivity index (χ3v) is 3.85. The Morgan fingerprint density at radius 2 is 2.31 bits per heavy atom. The van der Waals surface area contributed by atoms with Gasteiger partial charge in [0.25, 0.3) is 0 Å². The summed E-state index contributed by atoms with van der Waals surface area (Å²) in [7, 11) is 0. The highest BCUT2D eigenvalue weighted by Gasteiger charge is 2.14. The van der Waals surface area contributed by atoms with Gasteiger partial charge in [-0.05, 0) is 36.8 Å². The van der Waals surface area contributed by atoms with Crippen molar-refractivity contribution in [2.45, 2.75) is 44.3 Å². The van der Waals surface area contributed by atoms with Crippen molar-refractivity contribution in [3.05, 3.63) is 28.5 Å². The highest BCUT2D eigenvalue weighted by Crippen LogP contribution is 2.15. The molecule has 0 aliphatic carbocycles. The Labute approximate surface area is 102 Å². The third-order valence-electron chi connectivity index (χ3n) is 3.01. The molecule has 2 unspecified atom stereocenters. The first-order valence-electron chi connectivity index (χ1n) is 6.06. The molecule has 88 valence electrons. The maximum Gasteiger partial charge on any atom is 0.0548 e. The zero-order chi connectivity index (χ0) is 11.2. The first-order chi connectivity index (χ1) is 7.84. The number of thiophene rings is 1. The van der Waals surface area contributed by atoms with Gasteiger partial charge in [-0.2, -0.15) is 0 Å². The molecule has 1 aliphatic heterocycles. The lowest BCUT2D eigenvalue weighted by molar-refractivity contribution is 0.440. The van der Waals surface area contributed by atoms with Crippen LogP contribution in [0.3, 0.4) is 0 Å². The molecule has 2 heterocycles. The van der Waals surface area contributed by atoms with Gasteiger partial charge in [-0.15, -0.1) is 11.3 Å². The summed E-state index contributed by atoms with van der Waals surface area (Å²) in [5.41, 5.74) is 5.96. The Balaban J connectivity index is 1.80. The van der Waals surface area contributed by atoms with Gasteiger partial charge in [-0.25, -0.2) is 0 Å². The van der Waals surface area contributed by atoms with Gasteiger partial charge in [0.2, 0.25) is 0 Å². The first kappa shape index (κ1) is 11.8. The summed E-state index contributed by atoms with van der Waals surface area (Å²) in [6, 6.07) is 4.80. The molecule has 2 atom stereocenters. The molecule has 3 N–H and O–H groups in total. The maximum atomic E-state index is 5.96. The minimum atomic E-state index is 0.197. The van der Waals surface area contributed by atoms with E-state index in [9.17, 15) is 0 Å². The monoisotopic (exact) mass is 236 g/mol. The molecule has 2 nitrogen and oxygen atoms in total. The lowest BCUT2D eigenvalue weighted by Crippen LogP contribution is -2.42. The van der Waals surface area contributed by atoms with Gasteiger partial charge < -0.3 is 5.73 Å². The fourth-order valence-electron chi connectivity index (χ4n) is 2.14. The Bertz CT molecular complexity index is 319. The van der Waals surface area contributed by atoms with Crippen LogP contribution in [0.1, 0.15) is 37.0 Å². The summed E-state index contributed by atoms with van der Waals surface area (Å²) < 4.78 is 0. The Hall–Kier alpha value is -0.640. The molecule has 1 fully saturated rings. The minimum absolute atomic E-state index is 0.197. The van der Waals surface area contributed by atoms with Gasteiger partial charge in [0.1, 0.15) is 0 Å². The van der Waals surface area contributed by atoms with Crippen molar-refractivity contribution in [2.24, 2.45) is 5.73 Å². The lowest BCUT2D eigenvalue weighted by atomic mass is 10.1. The van der Waals surface area contributed by atoms with Crippen molar-refractivity contribution < 1.29 is 0 Å². The number of nitrogens with one attached hydrogen (secondary N) is 1. The SMILES string of the molecule is NC1CCCCC(CC=Cc2cccs2)N1. The minimum Gasteiger partial charge on any atom is -0.316 e. The summed E-state index contributed by atoms with van der Waals surface area (Å²) in [6.45, 7) is 0. The van der Waals surface area contributed by atoms with E-state index in [2.05, 4.69) is 35.0 Å². The third kappa shape index (κ3) is 3.74. The predicted molar refractivity (Wildman–Crippen MR) is 71.3 cm³/mol. The number of rotatable bonds is 3.